The maximum Gasteiger partial charge on any atom is 0.359 e. The normalized spacial score (nSPS) is 10.8. The Balaban J connectivity index is 1.74. The highest BCUT2D eigenvalue weighted by atomic mass is 16.5. The average Bonchev–Trinajstić information content (AvgIpc) is 2.79. The van der Waals surface area contributed by atoms with Gasteiger partial charge in [0.15, 0.2) is 12.3 Å². The lowest BCUT2D eigenvalue weighted by atomic mass is 10.1. The third-order valence-electron chi connectivity index (χ3n) is 5.05. The number of carbonyl (C=O) groups excluding carboxylic acids is 2. The number of ether oxygens (including phenoxy) is 1. The summed E-state index contributed by atoms with van der Waals surface area (Å²) in [4.78, 5) is 39.4. The Kier molecular flexibility index (Phi) is 7.54. The van der Waals surface area contributed by atoms with E-state index in [2.05, 4.69) is 12.0 Å². The lowest BCUT2D eigenvalue weighted by Gasteiger charge is -2.17. The molecule has 0 aliphatic carbocycles. The highest BCUT2D eigenvalue weighted by molar-refractivity contribution is 6.02. The van der Waals surface area contributed by atoms with Crippen LogP contribution in [0.3, 0.4) is 0 Å². The molecule has 0 bridgehead atoms. The van der Waals surface area contributed by atoms with Gasteiger partial charge in [0, 0.05) is 25.5 Å². The Morgan fingerprint density at radius 1 is 1.00 bits per heavy atom. The maximum atomic E-state index is 12.8. The molecule has 0 saturated carbocycles. The first kappa shape index (κ1) is 22.2. The third kappa shape index (κ3) is 5.57. The van der Waals surface area contributed by atoms with Crippen LogP contribution in [0.25, 0.3) is 10.8 Å². The van der Waals surface area contributed by atoms with Crippen LogP contribution in [0.4, 0.5) is 0 Å². The molecule has 0 spiro atoms. The minimum absolute atomic E-state index is 0.0465. The van der Waals surface area contributed by atoms with Gasteiger partial charge in [-0.15, -0.1) is 0 Å². The maximum absolute atomic E-state index is 12.8. The molecule has 162 valence electrons. The molecule has 31 heavy (non-hydrogen) atoms. The van der Waals surface area contributed by atoms with Gasteiger partial charge in [0.1, 0.15) is 0 Å². The zero-order chi connectivity index (χ0) is 22.2. The Morgan fingerprint density at radius 2 is 1.68 bits per heavy atom. The van der Waals surface area contributed by atoms with E-state index >= 15 is 0 Å². The van der Waals surface area contributed by atoms with Gasteiger partial charge in [0.05, 0.1) is 5.39 Å². The van der Waals surface area contributed by atoms with Crippen molar-refractivity contribution in [3.05, 3.63) is 76.2 Å². The average molecular weight is 421 g/mol. The number of rotatable bonds is 9. The number of benzene rings is 2. The number of carbonyl (C=O) groups is 2. The molecule has 7 heteroatoms. The smallest absolute Gasteiger partial charge is 0.359 e. The van der Waals surface area contributed by atoms with Crippen LogP contribution in [0.2, 0.25) is 0 Å². The van der Waals surface area contributed by atoms with Gasteiger partial charge in [-0.25, -0.2) is 9.48 Å². The third-order valence-corrected chi connectivity index (χ3v) is 5.05. The summed E-state index contributed by atoms with van der Waals surface area (Å²) in [6.07, 6.45) is 2.76. The molecule has 1 amide bonds. The van der Waals surface area contributed by atoms with Crippen LogP contribution < -0.4 is 5.56 Å². The number of aromatic nitrogens is 2. The van der Waals surface area contributed by atoms with Gasteiger partial charge < -0.3 is 9.64 Å². The van der Waals surface area contributed by atoms with Crippen molar-refractivity contribution in [3.8, 4) is 0 Å². The summed E-state index contributed by atoms with van der Waals surface area (Å²) >= 11 is 0. The number of hydrogen-bond donors (Lipinski definition) is 0. The molecule has 0 aliphatic rings. The monoisotopic (exact) mass is 421 g/mol. The van der Waals surface area contributed by atoms with Crippen LogP contribution >= 0.6 is 0 Å². The predicted molar refractivity (Wildman–Crippen MR) is 119 cm³/mol. The zero-order valence-corrected chi connectivity index (χ0v) is 17.9. The summed E-state index contributed by atoms with van der Waals surface area (Å²) in [6, 6.07) is 16.4. The van der Waals surface area contributed by atoms with E-state index in [9.17, 15) is 14.4 Å². The minimum atomic E-state index is -0.720. The molecule has 0 unspecified atom stereocenters. The molecular formula is C24H27N3O4. The number of nitrogens with zero attached hydrogens (tertiary/aromatic N) is 3. The predicted octanol–water partition coefficient (Wildman–Crippen LogP) is 3.40. The van der Waals surface area contributed by atoms with E-state index in [1.54, 1.807) is 31.3 Å². The summed E-state index contributed by atoms with van der Waals surface area (Å²) in [5.74, 6) is -1.04. The molecule has 7 nitrogen and oxygen atoms in total. The first-order valence-electron chi connectivity index (χ1n) is 10.5. The summed E-state index contributed by atoms with van der Waals surface area (Å²) in [5.41, 5.74) is 0.795. The van der Waals surface area contributed by atoms with Gasteiger partial charge in [0.2, 0.25) is 0 Å². The first-order valence-corrected chi connectivity index (χ1v) is 10.5. The van der Waals surface area contributed by atoms with Crippen molar-refractivity contribution in [1.82, 2.24) is 14.7 Å². The van der Waals surface area contributed by atoms with Crippen molar-refractivity contribution in [2.75, 3.05) is 13.7 Å². The molecule has 3 aromatic rings. The summed E-state index contributed by atoms with van der Waals surface area (Å²) in [5, 5.41) is 5.10. The number of likely N-dealkylation sites (N-methyl/N-ethyl adjacent to an activating group) is 1. The Bertz CT molecular complexity index is 1110. The Hall–Kier alpha value is -3.48. The topological polar surface area (TPSA) is 81.5 Å². The van der Waals surface area contributed by atoms with Crippen molar-refractivity contribution < 1.29 is 14.3 Å². The van der Waals surface area contributed by atoms with E-state index in [0.29, 0.717) is 23.9 Å². The SMILES string of the molecule is CCCCCn1nc(C(=O)OCC(=O)N(C)Cc2ccccc2)c2ccccc2c1=O. The number of aryl methyl sites for hydroxylation is 1. The first-order chi connectivity index (χ1) is 15.0. The molecule has 3 rings (SSSR count). The molecule has 1 heterocycles. The molecule has 2 aromatic carbocycles. The highest BCUT2D eigenvalue weighted by Gasteiger charge is 2.20. The molecular weight excluding hydrogens is 394 g/mol. The Morgan fingerprint density at radius 3 is 2.39 bits per heavy atom. The van der Waals surface area contributed by atoms with Crippen LogP contribution in [0.5, 0.6) is 0 Å². The number of fused-ring (bicyclic) bond motifs is 1. The second kappa shape index (κ2) is 10.5. The number of esters is 1. The molecule has 0 saturated heterocycles. The summed E-state index contributed by atoms with van der Waals surface area (Å²) in [6.45, 7) is 2.52. The van der Waals surface area contributed by atoms with E-state index in [4.69, 9.17) is 4.74 Å². The van der Waals surface area contributed by atoms with Gasteiger partial charge in [-0.1, -0.05) is 68.3 Å². The lowest BCUT2D eigenvalue weighted by Crippen LogP contribution is -2.31. The molecule has 0 N–H and O–H groups in total. The van der Waals surface area contributed by atoms with E-state index < -0.39 is 12.6 Å². The highest BCUT2D eigenvalue weighted by Crippen LogP contribution is 2.15. The largest absolute Gasteiger partial charge is 0.451 e. The lowest BCUT2D eigenvalue weighted by molar-refractivity contribution is -0.133. The Labute approximate surface area is 181 Å². The van der Waals surface area contributed by atoms with Crippen LogP contribution in [-0.4, -0.2) is 40.2 Å². The minimum Gasteiger partial charge on any atom is -0.451 e. The molecule has 0 radical (unpaired) electrons. The van der Waals surface area contributed by atoms with Crippen molar-refractivity contribution >= 4 is 22.6 Å². The van der Waals surface area contributed by atoms with E-state index in [1.807, 2.05) is 30.3 Å². The standard InChI is InChI=1S/C24H27N3O4/c1-3-4-10-15-27-23(29)20-14-9-8-13-19(20)22(25-27)24(30)31-17-21(28)26(2)16-18-11-6-5-7-12-18/h5-9,11-14H,3-4,10,15-17H2,1-2H3. The van der Waals surface area contributed by atoms with Gasteiger partial charge >= 0.3 is 5.97 Å². The fourth-order valence-electron chi connectivity index (χ4n) is 3.30. The quantitative estimate of drug-likeness (QED) is 0.391. The summed E-state index contributed by atoms with van der Waals surface area (Å²) < 4.78 is 6.59. The second-order valence-corrected chi connectivity index (χ2v) is 7.44. The molecule has 0 fully saturated rings. The van der Waals surface area contributed by atoms with Crippen LogP contribution in [-0.2, 0) is 22.6 Å². The van der Waals surface area contributed by atoms with Gasteiger partial charge in [-0.05, 0) is 18.1 Å². The van der Waals surface area contributed by atoms with Gasteiger partial charge in [0.25, 0.3) is 11.5 Å². The van der Waals surface area contributed by atoms with E-state index in [-0.39, 0.29) is 17.2 Å². The number of unbranched alkanes of at least 4 members (excludes halogenated alkanes) is 2. The number of hydrogen-bond acceptors (Lipinski definition) is 5. The van der Waals surface area contributed by atoms with Crippen LogP contribution in [0, 0.1) is 0 Å². The molecule has 0 aliphatic heterocycles. The second-order valence-electron chi connectivity index (χ2n) is 7.44. The van der Waals surface area contributed by atoms with Crippen molar-refractivity contribution in [2.24, 2.45) is 0 Å². The van der Waals surface area contributed by atoms with Gasteiger partial charge in [-0.2, -0.15) is 5.10 Å². The van der Waals surface area contributed by atoms with Crippen LogP contribution in [0.1, 0.15) is 42.2 Å². The zero-order valence-electron chi connectivity index (χ0n) is 17.9. The summed E-state index contributed by atoms with van der Waals surface area (Å²) in [7, 11) is 1.66. The van der Waals surface area contributed by atoms with Gasteiger partial charge in [-0.3, -0.25) is 9.59 Å². The van der Waals surface area contributed by atoms with Crippen LogP contribution in [0.15, 0.2) is 59.4 Å². The van der Waals surface area contributed by atoms with E-state index in [1.165, 1.54) is 9.58 Å². The fourth-order valence-corrected chi connectivity index (χ4v) is 3.30. The van der Waals surface area contributed by atoms with Crippen molar-refractivity contribution in [2.45, 2.75) is 39.3 Å². The molecule has 1 aromatic heterocycles. The molecule has 0 atom stereocenters. The van der Waals surface area contributed by atoms with Crippen molar-refractivity contribution in [3.63, 3.8) is 0 Å². The van der Waals surface area contributed by atoms with E-state index in [0.717, 1.165) is 24.8 Å². The van der Waals surface area contributed by atoms with Crippen molar-refractivity contribution in [1.29, 1.82) is 0 Å². The fraction of sp³-hybridized carbons (Fsp3) is 0.333. The number of amides is 1.